The third-order valence-electron chi connectivity index (χ3n) is 4.55. The maximum atomic E-state index is 12.9. The van der Waals surface area contributed by atoms with Crippen molar-refractivity contribution in [1.29, 1.82) is 5.26 Å². The number of benzene rings is 1. The van der Waals surface area contributed by atoms with E-state index in [1.165, 1.54) is 6.07 Å². The molecular weight excluding hydrogens is 397 g/mol. The van der Waals surface area contributed by atoms with Crippen molar-refractivity contribution >= 4 is 21.9 Å². The van der Waals surface area contributed by atoms with Crippen molar-refractivity contribution in [3.63, 3.8) is 0 Å². The van der Waals surface area contributed by atoms with Crippen molar-refractivity contribution in [1.82, 2.24) is 9.80 Å². The van der Waals surface area contributed by atoms with E-state index in [1.807, 2.05) is 0 Å². The van der Waals surface area contributed by atoms with Crippen LogP contribution < -0.4 is 4.74 Å². The number of guanidine groups is 1. The topological polar surface area (TPSA) is 86.0 Å². The van der Waals surface area contributed by atoms with Gasteiger partial charge in [-0.15, -0.1) is 4.99 Å². The van der Waals surface area contributed by atoms with Crippen LogP contribution in [-0.4, -0.2) is 55.4 Å². The molecule has 1 aromatic rings. The van der Waals surface area contributed by atoms with E-state index in [0.717, 1.165) is 12.1 Å². The molecule has 0 N–H and O–H groups in total. The fraction of sp³-hybridized carbons (Fsp3) is 0.412. The zero-order valence-corrected chi connectivity index (χ0v) is 16.1. The van der Waals surface area contributed by atoms with Crippen molar-refractivity contribution in [3.8, 4) is 11.9 Å². The molecule has 1 aromatic carbocycles. The van der Waals surface area contributed by atoms with Gasteiger partial charge in [-0.1, -0.05) is 0 Å². The Morgan fingerprint density at radius 3 is 2.57 bits per heavy atom. The summed E-state index contributed by atoms with van der Waals surface area (Å²) >= 11 is 0. The third kappa shape index (κ3) is 3.17. The van der Waals surface area contributed by atoms with Crippen LogP contribution in [0, 0.1) is 11.5 Å². The second-order valence-electron chi connectivity index (χ2n) is 6.88. The number of nitrogens with zero attached hydrogens (tertiary/aromatic N) is 4. The number of hydrogen-bond donors (Lipinski definition) is 0. The van der Waals surface area contributed by atoms with Crippen LogP contribution in [0.4, 0.5) is 13.2 Å². The minimum absolute atomic E-state index is 0.200. The number of ether oxygens (including phenoxy) is 1. The molecule has 0 aromatic heterocycles. The van der Waals surface area contributed by atoms with Crippen molar-refractivity contribution in [3.05, 3.63) is 29.5 Å². The summed E-state index contributed by atoms with van der Waals surface area (Å²) in [6.45, 7) is 4.61. The van der Waals surface area contributed by atoms with Gasteiger partial charge in [0.05, 0.1) is 10.6 Å². The Balaban J connectivity index is 2.12. The summed E-state index contributed by atoms with van der Waals surface area (Å²) in [5, 5.41) is 8.94. The van der Waals surface area contributed by atoms with Crippen molar-refractivity contribution in [2.45, 2.75) is 29.9 Å². The van der Waals surface area contributed by atoms with Gasteiger partial charge >= 0.3 is 5.51 Å². The average Bonchev–Trinajstić information content (AvgIpc) is 2.93. The van der Waals surface area contributed by atoms with E-state index >= 15 is 0 Å². The quantitative estimate of drug-likeness (QED) is 0.692. The number of nitriles is 1. The normalized spacial score (nSPS) is 20.5. The molecule has 0 radical (unpaired) electrons. The Morgan fingerprint density at radius 1 is 1.29 bits per heavy atom. The van der Waals surface area contributed by atoms with Crippen molar-refractivity contribution < 1.29 is 26.3 Å². The SMILES string of the molecule is CN1CCN(C2=Cc3cc(S(=O)(=O)C(F)(F)F)ccc3OC2(C)C)C1=NC#N. The minimum atomic E-state index is -5.48. The molecule has 0 spiro atoms. The number of sulfone groups is 1. The van der Waals surface area contributed by atoms with E-state index in [9.17, 15) is 21.6 Å². The molecule has 11 heteroatoms. The summed E-state index contributed by atoms with van der Waals surface area (Å²) in [6, 6.07) is 3.03. The molecule has 2 heterocycles. The van der Waals surface area contributed by atoms with Crippen LogP contribution in [0.5, 0.6) is 5.75 Å². The second-order valence-corrected chi connectivity index (χ2v) is 8.82. The van der Waals surface area contributed by atoms with E-state index in [1.54, 1.807) is 43.0 Å². The highest BCUT2D eigenvalue weighted by atomic mass is 32.2. The second kappa shape index (κ2) is 6.41. The molecule has 0 unspecified atom stereocenters. The third-order valence-corrected chi connectivity index (χ3v) is 6.04. The molecule has 2 aliphatic rings. The highest BCUT2D eigenvalue weighted by Crippen LogP contribution is 2.40. The number of likely N-dealkylation sites (N-methyl/N-ethyl adjacent to an activating group) is 1. The Morgan fingerprint density at radius 2 is 1.96 bits per heavy atom. The van der Waals surface area contributed by atoms with Gasteiger partial charge in [0.1, 0.15) is 11.4 Å². The average molecular weight is 414 g/mol. The fourth-order valence-corrected chi connectivity index (χ4v) is 3.96. The van der Waals surface area contributed by atoms with Crippen LogP contribution in [0.25, 0.3) is 6.08 Å². The smallest absolute Gasteiger partial charge is 0.481 e. The minimum Gasteiger partial charge on any atom is -0.481 e. The lowest BCUT2D eigenvalue weighted by molar-refractivity contribution is -0.0436. The first kappa shape index (κ1) is 20.0. The van der Waals surface area contributed by atoms with Crippen molar-refractivity contribution in [2.75, 3.05) is 20.1 Å². The maximum Gasteiger partial charge on any atom is 0.501 e. The Kier molecular flexibility index (Phi) is 4.58. The van der Waals surface area contributed by atoms with Gasteiger partial charge in [0, 0.05) is 25.7 Å². The first-order valence-electron chi connectivity index (χ1n) is 8.20. The molecule has 0 saturated carbocycles. The molecule has 0 bridgehead atoms. The van der Waals surface area contributed by atoms with Gasteiger partial charge in [0.15, 0.2) is 0 Å². The molecule has 7 nitrogen and oxygen atoms in total. The Bertz CT molecular complexity index is 1020. The highest BCUT2D eigenvalue weighted by Gasteiger charge is 2.47. The first-order chi connectivity index (χ1) is 12.9. The van der Waals surface area contributed by atoms with Crippen LogP contribution in [0.15, 0.2) is 33.8 Å². The van der Waals surface area contributed by atoms with Gasteiger partial charge in [-0.2, -0.15) is 18.4 Å². The zero-order chi connectivity index (χ0) is 20.9. The van der Waals surface area contributed by atoms with Crippen LogP contribution >= 0.6 is 0 Å². The molecular formula is C17H17F3N4O3S. The van der Waals surface area contributed by atoms with E-state index in [4.69, 9.17) is 10.00 Å². The number of alkyl halides is 3. The number of rotatable bonds is 2. The predicted octanol–water partition coefficient (Wildman–Crippen LogP) is 2.58. The van der Waals surface area contributed by atoms with Gasteiger partial charge in [0.2, 0.25) is 12.2 Å². The summed E-state index contributed by atoms with van der Waals surface area (Å²) in [5.41, 5.74) is -5.52. The van der Waals surface area contributed by atoms with Gasteiger partial charge in [-0.05, 0) is 38.1 Å². The molecule has 0 aliphatic carbocycles. The van der Waals surface area contributed by atoms with Crippen LogP contribution in [-0.2, 0) is 9.84 Å². The molecule has 28 heavy (non-hydrogen) atoms. The molecule has 2 aliphatic heterocycles. The summed E-state index contributed by atoms with van der Waals surface area (Å²) < 4.78 is 68.0. The highest BCUT2D eigenvalue weighted by molar-refractivity contribution is 7.92. The summed E-state index contributed by atoms with van der Waals surface area (Å²) in [7, 11) is -3.72. The predicted molar refractivity (Wildman–Crippen MR) is 94.8 cm³/mol. The van der Waals surface area contributed by atoms with Gasteiger partial charge in [0.25, 0.3) is 9.84 Å². The van der Waals surface area contributed by atoms with Gasteiger partial charge < -0.3 is 14.5 Å². The lowest BCUT2D eigenvalue weighted by atomic mass is 9.97. The standard InChI is InChI=1S/C17H17F3N4O3S/c1-16(2)14(24-7-6-23(3)15(24)22-10-21)9-11-8-12(4-5-13(11)27-16)28(25,26)17(18,19)20/h4-5,8-9H,6-7H2,1-3H3. The van der Waals surface area contributed by atoms with E-state index in [0.29, 0.717) is 24.7 Å². The Labute approximate surface area is 160 Å². The molecule has 1 saturated heterocycles. The molecule has 150 valence electrons. The summed E-state index contributed by atoms with van der Waals surface area (Å²) in [4.78, 5) is 6.44. The van der Waals surface area contributed by atoms with E-state index in [2.05, 4.69) is 4.99 Å². The van der Waals surface area contributed by atoms with Crippen LogP contribution in [0.3, 0.4) is 0 Å². The molecule has 1 fully saturated rings. The lowest BCUT2D eigenvalue weighted by Gasteiger charge is -2.38. The molecule has 0 atom stereocenters. The fourth-order valence-electron chi connectivity index (χ4n) is 3.16. The van der Waals surface area contributed by atoms with Gasteiger partial charge in [-0.3, -0.25) is 0 Å². The number of fused-ring (bicyclic) bond motifs is 1. The van der Waals surface area contributed by atoms with E-state index in [-0.39, 0.29) is 11.3 Å². The van der Waals surface area contributed by atoms with Crippen LogP contribution in [0.2, 0.25) is 0 Å². The number of halogens is 3. The number of aliphatic imine (C=N–C) groups is 1. The lowest BCUT2D eigenvalue weighted by Crippen LogP contribution is -2.44. The number of hydrogen-bond acceptors (Lipinski definition) is 5. The largest absolute Gasteiger partial charge is 0.501 e. The van der Waals surface area contributed by atoms with Crippen LogP contribution in [0.1, 0.15) is 19.4 Å². The zero-order valence-electron chi connectivity index (χ0n) is 15.3. The maximum absolute atomic E-state index is 12.9. The van der Waals surface area contributed by atoms with Crippen molar-refractivity contribution in [2.24, 2.45) is 4.99 Å². The van der Waals surface area contributed by atoms with Gasteiger partial charge in [-0.25, -0.2) is 8.42 Å². The summed E-state index contributed by atoms with van der Waals surface area (Å²) in [5.74, 6) is 0.647. The monoisotopic (exact) mass is 414 g/mol. The summed E-state index contributed by atoms with van der Waals surface area (Å²) in [6.07, 6.45) is 3.30. The van der Waals surface area contributed by atoms with E-state index < -0.39 is 25.8 Å². The molecule has 0 amide bonds. The Hall–Kier alpha value is -2.74. The first-order valence-corrected chi connectivity index (χ1v) is 9.69. The molecule has 3 rings (SSSR count).